The number of carbonyl (C=O) groups is 1. The second kappa shape index (κ2) is 8.39. The average Bonchev–Trinajstić information content (AvgIpc) is 2.92. The maximum atomic E-state index is 12.6. The van der Waals surface area contributed by atoms with Gasteiger partial charge in [-0.1, -0.05) is 12.1 Å². The summed E-state index contributed by atoms with van der Waals surface area (Å²) in [5.74, 6) is -0.0934. The van der Waals surface area contributed by atoms with Crippen LogP contribution < -0.4 is 10.6 Å². The van der Waals surface area contributed by atoms with Crippen molar-refractivity contribution < 1.29 is 9.53 Å². The molecule has 0 bridgehead atoms. The summed E-state index contributed by atoms with van der Waals surface area (Å²) in [6.45, 7) is 14.9. The molecular formula is C23H35N3O2. The highest BCUT2D eigenvalue weighted by molar-refractivity contribution is 5.94. The summed E-state index contributed by atoms with van der Waals surface area (Å²) < 4.78 is 7.71. The van der Waals surface area contributed by atoms with Crippen molar-refractivity contribution in [2.75, 3.05) is 11.9 Å². The highest BCUT2D eigenvalue weighted by atomic mass is 16.5. The van der Waals surface area contributed by atoms with E-state index in [1.165, 1.54) is 0 Å². The molecule has 0 unspecified atom stereocenters. The molecule has 0 saturated carbocycles. The molecule has 2 rings (SSSR count). The van der Waals surface area contributed by atoms with Gasteiger partial charge in [0, 0.05) is 36.6 Å². The number of rotatable bonds is 6. The Bertz CT molecular complexity index is 793. The third kappa shape index (κ3) is 6.71. The molecule has 1 heterocycles. The molecule has 28 heavy (non-hydrogen) atoms. The minimum atomic E-state index is -0.226. The molecular weight excluding hydrogens is 350 g/mol. The molecule has 1 aromatic carbocycles. The van der Waals surface area contributed by atoms with E-state index in [1.54, 1.807) is 0 Å². The van der Waals surface area contributed by atoms with Crippen LogP contribution >= 0.6 is 0 Å². The van der Waals surface area contributed by atoms with Crippen molar-refractivity contribution in [2.24, 2.45) is 7.05 Å². The van der Waals surface area contributed by atoms with Crippen LogP contribution in [0, 0.1) is 0 Å². The lowest BCUT2D eigenvalue weighted by molar-refractivity contribution is -0.0492. The second-order valence-corrected chi connectivity index (χ2v) is 9.43. The van der Waals surface area contributed by atoms with Crippen molar-refractivity contribution in [1.82, 2.24) is 9.88 Å². The van der Waals surface area contributed by atoms with Crippen LogP contribution in [0.3, 0.4) is 0 Å². The summed E-state index contributed by atoms with van der Waals surface area (Å²) in [4.78, 5) is 12.6. The van der Waals surface area contributed by atoms with Gasteiger partial charge in [-0.2, -0.15) is 0 Å². The fourth-order valence-electron chi connectivity index (χ4n) is 3.10. The summed E-state index contributed by atoms with van der Waals surface area (Å²) in [5, 5.41) is 6.42. The highest BCUT2D eigenvalue weighted by Crippen LogP contribution is 2.25. The SMILES string of the molecule is C[C@H](CNC(=O)c1cc(-c2ccc(NC(C)(C)C)cc2)cn1C)OC(C)(C)C. The number of amides is 1. The first-order valence-electron chi connectivity index (χ1n) is 9.85. The Kier molecular flexibility index (Phi) is 6.60. The lowest BCUT2D eigenvalue weighted by Crippen LogP contribution is -2.36. The highest BCUT2D eigenvalue weighted by Gasteiger charge is 2.18. The Labute approximate surface area is 169 Å². The van der Waals surface area contributed by atoms with E-state index < -0.39 is 0 Å². The second-order valence-electron chi connectivity index (χ2n) is 9.43. The van der Waals surface area contributed by atoms with Crippen LogP contribution in [0.15, 0.2) is 36.5 Å². The number of anilines is 1. The van der Waals surface area contributed by atoms with E-state index >= 15 is 0 Å². The number of benzene rings is 1. The zero-order chi connectivity index (χ0) is 21.1. The molecule has 0 radical (unpaired) electrons. The zero-order valence-electron chi connectivity index (χ0n) is 18.5. The number of aromatic nitrogens is 1. The largest absolute Gasteiger partial charge is 0.380 e. The summed E-state index contributed by atoms with van der Waals surface area (Å²) in [7, 11) is 1.89. The van der Waals surface area contributed by atoms with E-state index in [0.29, 0.717) is 12.2 Å². The Hall–Kier alpha value is -2.27. The van der Waals surface area contributed by atoms with E-state index in [1.807, 2.05) is 51.6 Å². The number of hydrogen-bond donors (Lipinski definition) is 2. The van der Waals surface area contributed by atoms with Crippen LogP contribution in [-0.4, -0.2) is 34.3 Å². The fraction of sp³-hybridized carbons (Fsp3) is 0.522. The standard InChI is InChI=1S/C23H35N3O2/c1-16(28-23(5,6)7)14-24-21(27)20-13-18(15-26(20)8)17-9-11-19(12-10-17)25-22(2,3)4/h9-13,15-16,25H,14H2,1-8H3,(H,24,27)/t16-/m1/s1. The van der Waals surface area contributed by atoms with Crippen molar-refractivity contribution in [3.8, 4) is 11.1 Å². The van der Waals surface area contributed by atoms with Gasteiger partial charge >= 0.3 is 0 Å². The van der Waals surface area contributed by atoms with Crippen molar-refractivity contribution in [2.45, 2.75) is 65.7 Å². The lowest BCUT2D eigenvalue weighted by atomic mass is 10.1. The Balaban J connectivity index is 2.05. The number of nitrogens with one attached hydrogen (secondary N) is 2. The molecule has 0 spiro atoms. The van der Waals surface area contributed by atoms with Crippen LogP contribution in [0.1, 0.15) is 59.0 Å². The molecule has 5 nitrogen and oxygen atoms in total. The first-order chi connectivity index (χ1) is 12.8. The van der Waals surface area contributed by atoms with Gasteiger partial charge in [-0.15, -0.1) is 0 Å². The third-order valence-corrected chi connectivity index (χ3v) is 4.08. The van der Waals surface area contributed by atoms with Gasteiger partial charge < -0.3 is 19.9 Å². The number of carbonyl (C=O) groups excluding carboxylic acids is 1. The first kappa shape index (κ1) is 22.0. The van der Waals surface area contributed by atoms with Gasteiger partial charge in [-0.3, -0.25) is 4.79 Å². The molecule has 5 heteroatoms. The predicted molar refractivity (Wildman–Crippen MR) is 117 cm³/mol. The van der Waals surface area contributed by atoms with E-state index in [2.05, 4.69) is 55.7 Å². The molecule has 0 aliphatic heterocycles. The van der Waals surface area contributed by atoms with Crippen LogP contribution in [0.4, 0.5) is 5.69 Å². The summed E-state index contributed by atoms with van der Waals surface area (Å²) in [5.41, 5.74) is 3.62. The number of nitrogens with zero attached hydrogens (tertiary/aromatic N) is 1. The molecule has 2 aromatic rings. The number of hydrogen-bond acceptors (Lipinski definition) is 3. The van der Waals surface area contributed by atoms with Gasteiger partial charge in [0.1, 0.15) is 5.69 Å². The minimum absolute atomic E-state index is 0.0212. The molecule has 0 saturated heterocycles. The van der Waals surface area contributed by atoms with Gasteiger partial charge in [-0.05, 0) is 72.2 Å². The number of aryl methyl sites for hydroxylation is 1. The summed E-state index contributed by atoms with van der Waals surface area (Å²) in [6.07, 6.45) is 1.93. The van der Waals surface area contributed by atoms with Crippen molar-refractivity contribution in [1.29, 1.82) is 0 Å². The molecule has 1 amide bonds. The number of ether oxygens (including phenoxy) is 1. The third-order valence-electron chi connectivity index (χ3n) is 4.08. The topological polar surface area (TPSA) is 55.3 Å². The van der Waals surface area contributed by atoms with Crippen molar-refractivity contribution >= 4 is 11.6 Å². The summed E-state index contributed by atoms with van der Waals surface area (Å²) in [6, 6.07) is 10.2. The molecule has 1 aromatic heterocycles. The fourth-order valence-corrected chi connectivity index (χ4v) is 3.10. The first-order valence-corrected chi connectivity index (χ1v) is 9.85. The van der Waals surface area contributed by atoms with Gasteiger partial charge in [0.2, 0.25) is 0 Å². The molecule has 154 valence electrons. The van der Waals surface area contributed by atoms with Gasteiger partial charge in [-0.25, -0.2) is 0 Å². The minimum Gasteiger partial charge on any atom is -0.380 e. The van der Waals surface area contributed by atoms with E-state index in [0.717, 1.165) is 16.8 Å². The maximum Gasteiger partial charge on any atom is 0.268 e. The van der Waals surface area contributed by atoms with E-state index in [4.69, 9.17) is 4.74 Å². The zero-order valence-corrected chi connectivity index (χ0v) is 18.5. The van der Waals surface area contributed by atoms with Gasteiger partial charge in [0.15, 0.2) is 0 Å². The van der Waals surface area contributed by atoms with Crippen LogP contribution in [0.5, 0.6) is 0 Å². The van der Waals surface area contributed by atoms with Crippen LogP contribution in [-0.2, 0) is 11.8 Å². The maximum absolute atomic E-state index is 12.6. The Morgan fingerprint density at radius 2 is 1.68 bits per heavy atom. The van der Waals surface area contributed by atoms with Crippen LogP contribution in [0.2, 0.25) is 0 Å². The Morgan fingerprint density at radius 3 is 2.21 bits per heavy atom. The summed E-state index contributed by atoms with van der Waals surface area (Å²) >= 11 is 0. The molecule has 0 aliphatic rings. The van der Waals surface area contributed by atoms with E-state index in [9.17, 15) is 4.79 Å². The average molecular weight is 386 g/mol. The smallest absolute Gasteiger partial charge is 0.268 e. The van der Waals surface area contributed by atoms with Crippen molar-refractivity contribution in [3.05, 3.63) is 42.2 Å². The van der Waals surface area contributed by atoms with E-state index in [-0.39, 0.29) is 23.2 Å². The molecule has 1 atom stereocenters. The Morgan fingerprint density at radius 1 is 1.07 bits per heavy atom. The molecule has 2 N–H and O–H groups in total. The predicted octanol–water partition coefficient (Wildman–Crippen LogP) is 4.84. The van der Waals surface area contributed by atoms with Gasteiger partial charge in [0.25, 0.3) is 5.91 Å². The molecule has 0 aliphatic carbocycles. The van der Waals surface area contributed by atoms with Gasteiger partial charge in [0.05, 0.1) is 11.7 Å². The normalized spacial score (nSPS) is 13.3. The molecule has 0 fully saturated rings. The quantitative estimate of drug-likeness (QED) is 0.748. The van der Waals surface area contributed by atoms with Crippen molar-refractivity contribution in [3.63, 3.8) is 0 Å². The van der Waals surface area contributed by atoms with Crippen LogP contribution in [0.25, 0.3) is 11.1 Å². The monoisotopic (exact) mass is 385 g/mol. The lowest BCUT2D eigenvalue weighted by Gasteiger charge is -2.25.